The summed E-state index contributed by atoms with van der Waals surface area (Å²) in [5, 5.41) is 14.6. The van der Waals surface area contributed by atoms with Crippen molar-refractivity contribution >= 4 is 23.2 Å². The molecule has 0 fully saturated rings. The maximum absolute atomic E-state index is 12.4. The number of aryl methyl sites for hydroxylation is 1. The fourth-order valence-electron chi connectivity index (χ4n) is 2.09. The Balaban J connectivity index is 1.75. The van der Waals surface area contributed by atoms with Crippen LogP contribution >= 0.6 is 0 Å². The lowest BCUT2D eigenvalue weighted by atomic mass is 10.2. The molecule has 0 unspecified atom stereocenters. The minimum absolute atomic E-state index is 0.255. The molecule has 7 heteroatoms. The molecule has 25 heavy (non-hydrogen) atoms. The average molecular weight is 330 g/mol. The standard InChI is InChI=1S/C18H14N6O/c1-12-4-6-20-11-15(12)23-18(25)14-5-7-21-17(8-14)24-16-3-2-13(9-19)10-22-16/h2-8,10-11H,1H3,(H,23,25)(H,21,22,24). The molecule has 0 aromatic carbocycles. The van der Waals surface area contributed by atoms with Crippen LogP contribution in [-0.2, 0) is 0 Å². The number of hydrogen-bond acceptors (Lipinski definition) is 6. The van der Waals surface area contributed by atoms with Crippen molar-refractivity contribution in [3.8, 4) is 6.07 Å². The molecular formula is C18H14N6O. The largest absolute Gasteiger partial charge is 0.325 e. The molecule has 0 spiro atoms. The summed E-state index contributed by atoms with van der Waals surface area (Å²) in [6.45, 7) is 1.90. The van der Waals surface area contributed by atoms with Crippen molar-refractivity contribution in [2.24, 2.45) is 0 Å². The van der Waals surface area contributed by atoms with Gasteiger partial charge in [-0.1, -0.05) is 0 Å². The summed E-state index contributed by atoms with van der Waals surface area (Å²) in [5.41, 5.74) is 2.51. The van der Waals surface area contributed by atoms with Gasteiger partial charge in [0.15, 0.2) is 0 Å². The molecule has 3 aromatic rings. The number of nitrogens with one attached hydrogen (secondary N) is 2. The van der Waals surface area contributed by atoms with E-state index in [1.54, 1.807) is 36.7 Å². The molecule has 1 amide bonds. The summed E-state index contributed by atoms with van der Waals surface area (Å²) in [5.74, 6) is 0.759. The van der Waals surface area contributed by atoms with Gasteiger partial charge in [-0.05, 0) is 42.8 Å². The maximum atomic E-state index is 12.4. The van der Waals surface area contributed by atoms with Gasteiger partial charge in [-0.2, -0.15) is 5.26 Å². The van der Waals surface area contributed by atoms with Crippen LogP contribution in [0, 0.1) is 18.3 Å². The molecule has 3 aromatic heterocycles. The molecule has 122 valence electrons. The zero-order valence-electron chi connectivity index (χ0n) is 13.4. The van der Waals surface area contributed by atoms with Gasteiger partial charge in [0.1, 0.15) is 17.7 Å². The van der Waals surface area contributed by atoms with Crippen LogP contribution < -0.4 is 10.6 Å². The Bertz CT molecular complexity index is 946. The van der Waals surface area contributed by atoms with Gasteiger partial charge >= 0.3 is 0 Å². The summed E-state index contributed by atoms with van der Waals surface area (Å²) >= 11 is 0. The second kappa shape index (κ2) is 7.19. The highest BCUT2D eigenvalue weighted by Gasteiger charge is 2.09. The SMILES string of the molecule is Cc1ccncc1NC(=O)c1ccnc(Nc2ccc(C#N)cn2)c1. The zero-order chi connectivity index (χ0) is 17.6. The van der Waals surface area contributed by atoms with E-state index in [-0.39, 0.29) is 5.91 Å². The van der Waals surface area contributed by atoms with E-state index >= 15 is 0 Å². The van der Waals surface area contributed by atoms with Gasteiger partial charge in [0, 0.05) is 24.2 Å². The summed E-state index contributed by atoms with van der Waals surface area (Å²) in [6, 6.07) is 10.4. The quantitative estimate of drug-likeness (QED) is 0.762. The normalized spacial score (nSPS) is 9.92. The van der Waals surface area contributed by atoms with E-state index in [4.69, 9.17) is 5.26 Å². The van der Waals surface area contributed by atoms with Crippen molar-refractivity contribution in [1.82, 2.24) is 15.0 Å². The van der Waals surface area contributed by atoms with E-state index in [1.165, 1.54) is 12.4 Å². The first kappa shape index (κ1) is 16.1. The number of pyridine rings is 3. The van der Waals surface area contributed by atoms with Crippen molar-refractivity contribution in [1.29, 1.82) is 5.26 Å². The summed E-state index contributed by atoms with van der Waals surface area (Å²) < 4.78 is 0. The predicted molar refractivity (Wildman–Crippen MR) is 93.4 cm³/mol. The minimum Gasteiger partial charge on any atom is -0.325 e. The zero-order valence-corrected chi connectivity index (χ0v) is 13.4. The Labute approximate surface area is 144 Å². The van der Waals surface area contributed by atoms with Crippen molar-refractivity contribution in [2.45, 2.75) is 6.92 Å². The van der Waals surface area contributed by atoms with E-state index in [0.717, 1.165) is 5.56 Å². The van der Waals surface area contributed by atoms with Crippen LogP contribution in [0.2, 0.25) is 0 Å². The van der Waals surface area contributed by atoms with Gasteiger partial charge in [0.05, 0.1) is 17.4 Å². The average Bonchev–Trinajstić information content (AvgIpc) is 2.64. The Morgan fingerprint density at radius 2 is 1.96 bits per heavy atom. The summed E-state index contributed by atoms with van der Waals surface area (Å²) in [7, 11) is 0. The summed E-state index contributed by atoms with van der Waals surface area (Å²) in [4.78, 5) is 24.7. The number of carbonyl (C=O) groups is 1. The smallest absolute Gasteiger partial charge is 0.255 e. The predicted octanol–water partition coefficient (Wildman–Crippen LogP) is 3.05. The maximum Gasteiger partial charge on any atom is 0.255 e. The van der Waals surface area contributed by atoms with Crippen LogP contribution in [0.4, 0.5) is 17.3 Å². The second-order valence-electron chi connectivity index (χ2n) is 5.24. The molecule has 0 saturated carbocycles. The van der Waals surface area contributed by atoms with E-state index in [0.29, 0.717) is 28.5 Å². The summed E-state index contributed by atoms with van der Waals surface area (Å²) in [6.07, 6.45) is 6.28. The molecule has 0 aliphatic rings. The van der Waals surface area contributed by atoms with Crippen LogP contribution in [0.3, 0.4) is 0 Å². The lowest BCUT2D eigenvalue weighted by molar-refractivity contribution is 0.102. The highest BCUT2D eigenvalue weighted by molar-refractivity contribution is 6.04. The fourth-order valence-corrected chi connectivity index (χ4v) is 2.09. The lowest BCUT2D eigenvalue weighted by Crippen LogP contribution is -2.13. The van der Waals surface area contributed by atoms with Gasteiger partial charge in [0.2, 0.25) is 0 Å². The molecule has 7 nitrogen and oxygen atoms in total. The Morgan fingerprint density at radius 1 is 1.08 bits per heavy atom. The van der Waals surface area contributed by atoms with E-state index in [2.05, 4.69) is 25.6 Å². The van der Waals surface area contributed by atoms with E-state index in [1.807, 2.05) is 19.1 Å². The fraction of sp³-hybridized carbons (Fsp3) is 0.0556. The van der Waals surface area contributed by atoms with E-state index < -0.39 is 0 Å². The van der Waals surface area contributed by atoms with Gasteiger partial charge in [-0.25, -0.2) is 9.97 Å². The topological polar surface area (TPSA) is 104 Å². The molecular weight excluding hydrogens is 316 g/mol. The Morgan fingerprint density at radius 3 is 2.68 bits per heavy atom. The first-order valence-corrected chi connectivity index (χ1v) is 7.47. The number of anilines is 3. The highest BCUT2D eigenvalue weighted by atomic mass is 16.1. The number of amides is 1. The van der Waals surface area contributed by atoms with Gasteiger partial charge < -0.3 is 10.6 Å². The van der Waals surface area contributed by atoms with Crippen molar-refractivity contribution < 1.29 is 4.79 Å². The lowest BCUT2D eigenvalue weighted by Gasteiger charge is -2.09. The number of hydrogen-bond donors (Lipinski definition) is 2. The third-order valence-electron chi connectivity index (χ3n) is 3.46. The van der Waals surface area contributed by atoms with E-state index in [9.17, 15) is 4.79 Å². The Hall–Kier alpha value is -3.79. The van der Waals surface area contributed by atoms with Crippen LogP contribution in [0.15, 0.2) is 55.1 Å². The minimum atomic E-state index is -0.255. The van der Waals surface area contributed by atoms with Gasteiger partial charge in [-0.15, -0.1) is 0 Å². The third-order valence-corrected chi connectivity index (χ3v) is 3.46. The Kier molecular flexibility index (Phi) is 4.62. The van der Waals surface area contributed by atoms with Gasteiger partial charge in [0.25, 0.3) is 5.91 Å². The van der Waals surface area contributed by atoms with Gasteiger partial charge in [-0.3, -0.25) is 9.78 Å². The molecule has 0 aliphatic carbocycles. The van der Waals surface area contributed by atoms with Crippen molar-refractivity contribution in [3.05, 3.63) is 71.8 Å². The van der Waals surface area contributed by atoms with Crippen LogP contribution in [0.1, 0.15) is 21.5 Å². The second-order valence-corrected chi connectivity index (χ2v) is 5.24. The number of rotatable bonds is 4. The number of carbonyl (C=O) groups excluding carboxylic acids is 1. The molecule has 2 N–H and O–H groups in total. The molecule has 0 aliphatic heterocycles. The third kappa shape index (κ3) is 3.95. The van der Waals surface area contributed by atoms with Crippen molar-refractivity contribution in [3.63, 3.8) is 0 Å². The molecule has 0 atom stereocenters. The van der Waals surface area contributed by atoms with Crippen LogP contribution in [0.5, 0.6) is 0 Å². The molecule has 0 bridgehead atoms. The molecule has 0 saturated heterocycles. The highest BCUT2D eigenvalue weighted by Crippen LogP contribution is 2.16. The number of nitrogens with zero attached hydrogens (tertiary/aromatic N) is 4. The molecule has 0 radical (unpaired) electrons. The monoisotopic (exact) mass is 330 g/mol. The van der Waals surface area contributed by atoms with Crippen LogP contribution in [-0.4, -0.2) is 20.9 Å². The molecule has 3 rings (SSSR count). The number of aromatic nitrogens is 3. The number of nitriles is 1. The first-order valence-electron chi connectivity index (χ1n) is 7.47. The molecule has 3 heterocycles. The van der Waals surface area contributed by atoms with Crippen molar-refractivity contribution in [2.75, 3.05) is 10.6 Å². The first-order chi connectivity index (χ1) is 12.2. The van der Waals surface area contributed by atoms with Crippen LogP contribution in [0.25, 0.3) is 0 Å².